The van der Waals surface area contributed by atoms with E-state index < -0.39 is 40.5 Å². The number of amides is 1. The quantitative estimate of drug-likeness (QED) is 0.830. The van der Waals surface area contributed by atoms with Crippen LogP contribution in [0.1, 0.15) is 12.8 Å². The van der Waals surface area contributed by atoms with Crippen LogP contribution in [0.15, 0.2) is 4.36 Å². The summed E-state index contributed by atoms with van der Waals surface area (Å²) in [4.78, 5) is 13.0. The number of likely N-dealkylation sites (tertiary alicyclic amines) is 1. The molecule has 0 radical (unpaired) electrons. The molecule has 0 aromatic rings. The van der Waals surface area contributed by atoms with Gasteiger partial charge >= 0.3 is 6.18 Å². The van der Waals surface area contributed by atoms with Gasteiger partial charge in [0, 0.05) is 28.8 Å². The summed E-state index contributed by atoms with van der Waals surface area (Å²) in [5.74, 6) is -0.679. The molecule has 112 valence electrons. The van der Waals surface area contributed by atoms with Gasteiger partial charge in [0.25, 0.3) is 5.91 Å². The Kier molecular flexibility index (Phi) is 4.97. The van der Waals surface area contributed by atoms with Gasteiger partial charge < -0.3 is 5.11 Å². The average Bonchev–Trinajstić information content (AvgIpc) is 2.61. The topological polar surface area (TPSA) is 70.0 Å². The van der Waals surface area contributed by atoms with Crippen molar-refractivity contribution in [2.24, 2.45) is 4.36 Å². The van der Waals surface area contributed by atoms with Crippen molar-refractivity contribution in [3.63, 3.8) is 0 Å². The molecule has 1 fully saturated rings. The third kappa shape index (κ3) is 5.07. The summed E-state index contributed by atoms with van der Waals surface area (Å²) in [5, 5.41) is 9.01. The number of alkyl halides is 3. The van der Waals surface area contributed by atoms with Gasteiger partial charge in [0.1, 0.15) is 0 Å². The normalized spacial score (nSPS) is 23.4. The number of rotatable bonds is 3. The van der Waals surface area contributed by atoms with Gasteiger partial charge in [0.2, 0.25) is 0 Å². The molecule has 1 N–H and O–H groups in total. The zero-order valence-electron chi connectivity index (χ0n) is 10.7. The molecule has 0 aliphatic carbocycles. The molecule has 0 unspecified atom stereocenters. The number of hydrogen-bond donors (Lipinski definition) is 1. The SMILES string of the molecule is CS(C)(=O)=NC(=O)[C@@H]1CCCN1C[C@@H](O)C(F)(F)F. The van der Waals surface area contributed by atoms with Gasteiger partial charge in [-0.05, 0) is 19.4 Å². The first-order valence-electron chi connectivity index (χ1n) is 5.70. The van der Waals surface area contributed by atoms with Crippen molar-refractivity contribution in [3.05, 3.63) is 0 Å². The molecular weight excluding hydrogens is 285 g/mol. The fourth-order valence-corrected chi connectivity index (χ4v) is 2.48. The minimum absolute atomic E-state index is 0.285. The molecule has 19 heavy (non-hydrogen) atoms. The molecule has 1 aliphatic rings. The predicted octanol–water partition coefficient (Wildman–Crippen LogP) is 0.628. The van der Waals surface area contributed by atoms with Crippen LogP contribution in [-0.4, -0.2) is 64.0 Å². The molecule has 1 heterocycles. The minimum Gasteiger partial charge on any atom is -0.382 e. The van der Waals surface area contributed by atoms with Gasteiger partial charge in [-0.15, -0.1) is 0 Å². The Labute approximate surface area is 110 Å². The van der Waals surface area contributed by atoms with Crippen LogP contribution in [0.5, 0.6) is 0 Å². The Balaban J connectivity index is 2.75. The fourth-order valence-electron chi connectivity index (χ4n) is 1.93. The first-order chi connectivity index (χ1) is 8.50. The van der Waals surface area contributed by atoms with Crippen molar-refractivity contribution in [1.82, 2.24) is 4.90 Å². The zero-order valence-corrected chi connectivity index (χ0v) is 11.5. The van der Waals surface area contributed by atoms with Crippen LogP contribution in [0.4, 0.5) is 13.2 Å². The van der Waals surface area contributed by atoms with Gasteiger partial charge in [0.05, 0.1) is 6.04 Å². The predicted molar refractivity (Wildman–Crippen MR) is 64.1 cm³/mol. The Morgan fingerprint density at radius 1 is 1.53 bits per heavy atom. The summed E-state index contributed by atoms with van der Waals surface area (Å²) >= 11 is 0. The van der Waals surface area contributed by atoms with Gasteiger partial charge in [0.15, 0.2) is 6.10 Å². The highest BCUT2D eigenvalue weighted by molar-refractivity contribution is 7.92. The van der Waals surface area contributed by atoms with Gasteiger partial charge in [-0.25, -0.2) is 4.21 Å². The molecule has 0 aromatic carbocycles. The van der Waals surface area contributed by atoms with E-state index in [1.165, 1.54) is 17.4 Å². The van der Waals surface area contributed by atoms with E-state index in [2.05, 4.69) is 4.36 Å². The fraction of sp³-hybridized carbons (Fsp3) is 0.900. The third-order valence-corrected chi connectivity index (χ3v) is 3.36. The van der Waals surface area contributed by atoms with Crippen molar-refractivity contribution < 1.29 is 27.3 Å². The number of nitrogens with zero attached hydrogens (tertiary/aromatic N) is 2. The Morgan fingerprint density at radius 2 is 2.11 bits per heavy atom. The zero-order chi connectivity index (χ0) is 14.8. The maximum absolute atomic E-state index is 12.3. The van der Waals surface area contributed by atoms with Crippen LogP contribution in [0.2, 0.25) is 0 Å². The summed E-state index contributed by atoms with van der Waals surface area (Å²) < 4.78 is 51.7. The van der Waals surface area contributed by atoms with E-state index >= 15 is 0 Å². The number of carbonyl (C=O) groups is 1. The van der Waals surface area contributed by atoms with Crippen molar-refractivity contribution in [2.45, 2.75) is 31.2 Å². The van der Waals surface area contributed by atoms with Crippen molar-refractivity contribution in [2.75, 3.05) is 25.6 Å². The number of halogens is 3. The molecule has 1 rings (SSSR count). The Hall–Kier alpha value is -0.670. The first-order valence-corrected chi connectivity index (χ1v) is 8.03. The number of β-amino-alcohol motifs (C(OH)–C–C–N with tert-alkyl or cyclic N) is 1. The number of carbonyl (C=O) groups excluding carboxylic acids is 1. The van der Waals surface area contributed by atoms with Crippen LogP contribution in [0.25, 0.3) is 0 Å². The first kappa shape index (κ1) is 16.4. The molecular formula is C10H17F3N2O3S. The third-order valence-electron chi connectivity index (χ3n) is 2.74. The van der Waals surface area contributed by atoms with Crippen LogP contribution >= 0.6 is 0 Å². The van der Waals surface area contributed by atoms with E-state index in [4.69, 9.17) is 5.11 Å². The lowest BCUT2D eigenvalue weighted by molar-refractivity contribution is -0.208. The van der Waals surface area contributed by atoms with Crippen LogP contribution in [0, 0.1) is 0 Å². The van der Waals surface area contributed by atoms with Crippen LogP contribution in [-0.2, 0) is 14.5 Å². The Morgan fingerprint density at radius 3 is 2.58 bits per heavy atom. The molecule has 0 saturated carbocycles. The summed E-state index contributed by atoms with van der Waals surface area (Å²) in [6.45, 7) is -0.377. The number of aliphatic hydroxyl groups excluding tert-OH is 1. The highest BCUT2D eigenvalue weighted by Crippen LogP contribution is 2.25. The molecule has 2 atom stereocenters. The lowest BCUT2D eigenvalue weighted by atomic mass is 10.2. The summed E-state index contributed by atoms with van der Waals surface area (Å²) in [6.07, 6.45) is -3.72. The van der Waals surface area contributed by atoms with Crippen molar-refractivity contribution in [3.8, 4) is 0 Å². The van der Waals surface area contributed by atoms with Crippen molar-refractivity contribution >= 4 is 15.6 Å². The lowest BCUT2D eigenvalue weighted by Crippen LogP contribution is -2.45. The van der Waals surface area contributed by atoms with E-state index in [1.54, 1.807) is 0 Å². The van der Waals surface area contributed by atoms with Crippen molar-refractivity contribution in [1.29, 1.82) is 0 Å². The van der Waals surface area contributed by atoms with E-state index in [1.807, 2.05) is 0 Å². The van der Waals surface area contributed by atoms with Gasteiger partial charge in [-0.3, -0.25) is 9.69 Å². The second-order valence-electron chi connectivity index (χ2n) is 4.82. The van der Waals surface area contributed by atoms with E-state index in [0.717, 1.165) is 0 Å². The highest BCUT2D eigenvalue weighted by Gasteiger charge is 2.42. The van der Waals surface area contributed by atoms with E-state index in [9.17, 15) is 22.2 Å². The van der Waals surface area contributed by atoms with E-state index in [0.29, 0.717) is 12.8 Å². The molecule has 5 nitrogen and oxygen atoms in total. The summed E-state index contributed by atoms with van der Waals surface area (Å²) in [7, 11) is -2.63. The highest BCUT2D eigenvalue weighted by atomic mass is 32.2. The molecule has 0 bridgehead atoms. The molecule has 0 spiro atoms. The molecule has 1 saturated heterocycles. The molecule has 0 aromatic heterocycles. The second kappa shape index (κ2) is 5.76. The number of aliphatic hydroxyl groups is 1. The molecule has 1 amide bonds. The standard InChI is InChI=1S/C10H17F3N2O3S/c1-19(2,18)14-9(17)7-4-3-5-15(7)6-8(16)10(11,12)13/h7-8,16H,3-6H2,1-2H3/t7-,8+/m0/s1. The molecule has 9 heteroatoms. The van der Waals surface area contributed by atoms with Crippen LogP contribution in [0.3, 0.4) is 0 Å². The van der Waals surface area contributed by atoms with E-state index in [-0.39, 0.29) is 6.54 Å². The summed E-state index contributed by atoms with van der Waals surface area (Å²) in [6, 6.07) is -0.822. The van der Waals surface area contributed by atoms with Gasteiger partial charge in [-0.2, -0.15) is 17.5 Å². The smallest absolute Gasteiger partial charge is 0.382 e. The van der Waals surface area contributed by atoms with Gasteiger partial charge in [-0.1, -0.05) is 0 Å². The summed E-state index contributed by atoms with van der Waals surface area (Å²) in [5.41, 5.74) is 0. The largest absolute Gasteiger partial charge is 0.415 e. The maximum Gasteiger partial charge on any atom is 0.415 e. The monoisotopic (exact) mass is 302 g/mol. The maximum atomic E-state index is 12.3. The minimum atomic E-state index is -4.71. The number of hydrogen-bond acceptors (Lipinski definition) is 4. The average molecular weight is 302 g/mol. The Bertz CT molecular complexity index is 449. The lowest BCUT2D eigenvalue weighted by Gasteiger charge is -2.25. The molecule has 1 aliphatic heterocycles. The second-order valence-corrected chi connectivity index (χ2v) is 7.37. The van der Waals surface area contributed by atoms with Crippen LogP contribution < -0.4 is 0 Å².